The van der Waals surface area contributed by atoms with E-state index in [1.54, 1.807) is 65.9 Å². The number of anilines is 3. The smallest absolute Gasteiger partial charge is 0.420 e. The molecule has 0 radical (unpaired) electrons. The van der Waals surface area contributed by atoms with Crippen molar-refractivity contribution in [2.24, 2.45) is 0 Å². The summed E-state index contributed by atoms with van der Waals surface area (Å²) in [5, 5.41) is 3.24. The standard InChI is InChI=1S/C25H27Cl2N5O4/c1-24(2,3)35-22(33)30-16-9-15(11-28-12-16)20-13-29-14-21(31-20)32(23(34)36-25(4,5)6)17-7-8-18(26)19(27)10-17/h7-14H,1-6H3,(H,30,33). The van der Waals surface area contributed by atoms with Crippen molar-refractivity contribution in [1.82, 2.24) is 15.0 Å². The van der Waals surface area contributed by atoms with Crippen LogP contribution in [-0.2, 0) is 9.47 Å². The van der Waals surface area contributed by atoms with Crippen LogP contribution >= 0.6 is 23.2 Å². The lowest BCUT2D eigenvalue weighted by molar-refractivity contribution is 0.0595. The molecular formula is C25H27Cl2N5O4. The topological polar surface area (TPSA) is 107 Å². The number of nitrogens with zero attached hydrogens (tertiary/aromatic N) is 4. The van der Waals surface area contributed by atoms with Gasteiger partial charge in [-0.2, -0.15) is 0 Å². The van der Waals surface area contributed by atoms with Crippen LogP contribution in [0.15, 0.2) is 49.1 Å². The van der Waals surface area contributed by atoms with Crippen LogP contribution in [-0.4, -0.2) is 38.3 Å². The molecule has 0 aliphatic carbocycles. The molecule has 2 heterocycles. The number of amides is 2. The summed E-state index contributed by atoms with van der Waals surface area (Å²) >= 11 is 12.3. The first-order valence-electron chi connectivity index (χ1n) is 11.0. The van der Waals surface area contributed by atoms with E-state index in [0.717, 1.165) is 0 Å². The Morgan fingerprint density at radius 2 is 1.53 bits per heavy atom. The first-order valence-corrected chi connectivity index (χ1v) is 11.7. The minimum absolute atomic E-state index is 0.186. The minimum Gasteiger partial charge on any atom is -0.444 e. The number of halogens is 2. The summed E-state index contributed by atoms with van der Waals surface area (Å²) in [5.74, 6) is 0.186. The van der Waals surface area contributed by atoms with Gasteiger partial charge in [-0.3, -0.25) is 15.3 Å². The van der Waals surface area contributed by atoms with E-state index >= 15 is 0 Å². The molecule has 190 valence electrons. The van der Waals surface area contributed by atoms with E-state index in [1.807, 2.05) is 0 Å². The van der Waals surface area contributed by atoms with Crippen molar-refractivity contribution in [3.63, 3.8) is 0 Å². The van der Waals surface area contributed by atoms with Gasteiger partial charge in [-0.05, 0) is 65.8 Å². The number of nitrogens with one attached hydrogen (secondary N) is 1. The highest BCUT2D eigenvalue weighted by atomic mass is 35.5. The van der Waals surface area contributed by atoms with Gasteiger partial charge in [0.05, 0.1) is 45.7 Å². The fourth-order valence-corrected chi connectivity index (χ4v) is 3.23. The van der Waals surface area contributed by atoms with Gasteiger partial charge in [0, 0.05) is 11.8 Å². The van der Waals surface area contributed by atoms with Crippen LogP contribution in [0.1, 0.15) is 41.5 Å². The summed E-state index contributed by atoms with van der Waals surface area (Å²) in [5.41, 5.74) is 0.343. The highest BCUT2D eigenvalue weighted by Crippen LogP contribution is 2.33. The highest BCUT2D eigenvalue weighted by molar-refractivity contribution is 6.42. The molecule has 0 bridgehead atoms. The van der Waals surface area contributed by atoms with E-state index in [4.69, 9.17) is 32.7 Å². The molecule has 36 heavy (non-hydrogen) atoms. The van der Waals surface area contributed by atoms with Gasteiger partial charge < -0.3 is 9.47 Å². The van der Waals surface area contributed by atoms with Gasteiger partial charge in [0.15, 0.2) is 5.82 Å². The van der Waals surface area contributed by atoms with Crippen molar-refractivity contribution in [2.75, 3.05) is 10.2 Å². The fraction of sp³-hybridized carbons (Fsp3) is 0.320. The molecule has 0 saturated carbocycles. The van der Waals surface area contributed by atoms with Gasteiger partial charge in [0.1, 0.15) is 11.2 Å². The molecule has 2 amide bonds. The second-order valence-electron chi connectivity index (χ2n) is 9.77. The summed E-state index contributed by atoms with van der Waals surface area (Å²) in [7, 11) is 0. The van der Waals surface area contributed by atoms with Gasteiger partial charge in [0.25, 0.3) is 0 Å². The molecule has 0 fully saturated rings. The van der Waals surface area contributed by atoms with Crippen molar-refractivity contribution >= 4 is 52.6 Å². The lowest BCUT2D eigenvalue weighted by Gasteiger charge is -2.27. The normalized spacial score (nSPS) is 11.6. The van der Waals surface area contributed by atoms with Crippen molar-refractivity contribution in [2.45, 2.75) is 52.7 Å². The van der Waals surface area contributed by atoms with Crippen molar-refractivity contribution in [3.05, 3.63) is 59.1 Å². The molecule has 0 aliphatic rings. The molecule has 11 heteroatoms. The molecule has 0 unspecified atom stereocenters. The van der Waals surface area contributed by atoms with Gasteiger partial charge in [-0.1, -0.05) is 23.2 Å². The van der Waals surface area contributed by atoms with E-state index in [2.05, 4.69) is 20.3 Å². The van der Waals surface area contributed by atoms with E-state index in [-0.39, 0.29) is 10.8 Å². The van der Waals surface area contributed by atoms with E-state index in [1.165, 1.54) is 29.6 Å². The Balaban J connectivity index is 1.98. The molecule has 9 nitrogen and oxygen atoms in total. The molecule has 0 aliphatic heterocycles. The second kappa shape index (κ2) is 10.7. The predicted molar refractivity (Wildman–Crippen MR) is 140 cm³/mol. The molecular weight excluding hydrogens is 505 g/mol. The monoisotopic (exact) mass is 531 g/mol. The maximum absolute atomic E-state index is 13.2. The molecule has 0 saturated heterocycles. The quantitative estimate of drug-likeness (QED) is 0.377. The second-order valence-corrected chi connectivity index (χ2v) is 10.6. The Hall–Kier alpha value is -3.43. The molecule has 3 aromatic rings. The molecule has 0 atom stereocenters. The Kier molecular flexibility index (Phi) is 8.05. The van der Waals surface area contributed by atoms with Crippen molar-refractivity contribution < 1.29 is 19.1 Å². The third-order valence-corrected chi connectivity index (χ3v) is 5.01. The fourth-order valence-electron chi connectivity index (χ4n) is 2.94. The van der Waals surface area contributed by atoms with Crippen LogP contribution in [0.25, 0.3) is 11.3 Å². The maximum Gasteiger partial charge on any atom is 0.420 e. The largest absolute Gasteiger partial charge is 0.444 e. The number of aromatic nitrogens is 3. The Morgan fingerprint density at radius 1 is 0.861 bits per heavy atom. The third-order valence-electron chi connectivity index (χ3n) is 4.27. The molecule has 0 spiro atoms. The van der Waals surface area contributed by atoms with Crippen LogP contribution < -0.4 is 10.2 Å². The number of hydrogen-bond acceptors (Lipinski definition) is 7. The van der Waals surface area contributed by atoms with Crippen LogP contribution in [0.2, 0.25) is 10.0 Å². The van der Waals surface area contributed by atoms with E-state index in [9.17, 15) is 9.59 Å². The zero-order chi connectivity index (χ0) is 26.7. The first-order chi connectivity index (χ1) is 16.7. The molecule has 1 aromatic carbocycles. The predicted octanol–water partition coefficient (Wildman–Crippen LogP) is 7.27. The summed E-state index contributed by atoms with van der Waals surface area (Å²) in [4.78, 5) is 39.6. The van der Waals surface area contributed by atoms with Crippen LogP contribution in [0.3, 0.4) is 0 Å². The first kappa shape index (κ1) is 27.2. The van der Waals surface area contributed by atoms with Gasteiger partial charge in [-0.15, -0.1) is 0 Å². The Bertz CT molecular complexity index is 1270. The van der Waals surface area contributed by atoms with E-state index < -0.39 is 23.4 Å². The average molecular weight is 532 g/mol. The summed E-state index contributed by atoms with van der Waals surface area (Å²) in [6.07, 6.45) is 4.69. The SMILES string of the molecule is CC(C)(C)OC(=O)Nc1cncc(-c2cncc(N(C(=O)OC(C)(C)C)c3ccc(Cl)c(Cl)c3)n2)c1. The van der Waals surface area contributed by atoms with Gasteiger partial charge >= 0.3 is 12.2 Å². The zero-order valence-corrected chi connectivity index (χ0v) is 22.3. The highest BCUT2D eigenvalue weighted by Gasteiger charge is 2.27. The number of ether oxygens (including phenoxy) is 2. The summed E-state index contributed by atoms with van der Waals surface area (Å²) in [6.45, 7) is 10.6. The molecule has 3 rings (SSSR count). The maximum atomic E-state index is 13.2. The lowest BCUT2D eigenvalue weighted by atomic mass is 10.2. The summed E-state index contributed by atoms with van der Waals surface area (Å²) in [6, 6.07) is 6.40. The summed E-state index contributed by atoms with van der Waals surface area (Å²) < 4.78 is 10.9. The Morgan fingerprint density at radius 3 is 2.17 bits per heavy atom. The van der Waals surface area contributed by atoms with Crippen LogP contribution in [0.5, 0.6) is 0 Å². The molecule has 2 aromatic heterocycles. The van der Waals surface area contributed by atoms with Gasteiger partial charge in [0.2, 0.25) is 0 Å². The molecule has 1 N–H and O–H groups in total. The number of rotatable bonds is 4. The van der Waals surface area contributed by atoms with Crippen LogP contribution in [0.4, 0.5) is 26.8 Å². The Labute approximate surface area is 219 Å². The average Bonchev–Trinajstić information content (AvgIpc) is 2.74. The zero-order valence-electron chi connectivity index (χ0n) is 20.8. The number of carbonyl (C=O) groups excluding carboxylic acids is 2. The minimum atomic E-state index is -0.762. The van der Waals surface area contributed by atoms with Crippen molar-refractivity contribution in [1.29, 1.82) is 0 Å². The number of benzene rings is 1. The van der Waals surface area contributed by atoms with Crippen molar-refractivity contribution in [3.8, 4) is 11.3 Å². The van der Waals surface area contributed by atoms with Crippen LogP contribution in [0, 0.1) is 0 Å². The number of carbonyl (C=O) groups is 2. The van der Waals surface area contributed by atoms with E-state index in [0.29, 0.717) is 27.7 Å². The third kappa shape index (κ3) is 7.53. The van der Waals surface area contributed by atoms with Gasteiger partial charge in [-0.25, -0.2) is 19.5 Å². The number of hydrogen-bond donors (Lipinski definition) is 1. The number of pyridine rings is 1. The lowest BCUT2D eigenvalue weighted by Crippen LogP contribution is -2.34.